The molecule has 0 bridgehead atoms. The van der Waals surface area contributed by atoms with Crippen molar-refractivity contribution in [2.75, 3.05) is 124 Å². The number of fused-ring (bicyclic) bond motifs is 8. The van der Waals surface area contributed by atoms with Crippen molar-refractivity contribution in [3.8, 4) is 17.2 Å². The molecule has 5 aromatic carbocycles. The predicted octanol–water partition coefficient (Wildman–Crippen LogP) is 10.3. The zero-order valence-electron chi connectivity index (χ0n) is 47.1. The second-order valence-corrected chi connectivity index (χ2v) is 24.5. The van der Waals surface area contributed by atoms with Crippen LogP contribution in [-0.4, -0.2) is 140 Å². The van der Waals surface area contributed by atoms with Crippen molar-refractivity contribution in [3.63, 3.8) is 0 Å². The second kappa shape index (κ2) is 26.4. The van der Waals surface area contributed by atoms with Gasteiger partial charge in [0.05, 0.1) is 81.3 Å². The van der Waals surface area contributed by atoms with Crippen LogP contribution in [0.15, 0.2) is 96.0 Å². The number of hydrogen-bond acceptors (Lipinski definition) is 15. The minimum Gasteiger partial charge on any atom is -0.493 e. The molecule has 4 heterocycles. The van der Waals surface area contributed by atoms with Gasteiger partial charge in [0.1, 0.15) is 19.0 Å². The van der Waals surface area contributed by atoms with E-state index in [-0.39, 0.29) is 54.2 Å². The van der Waals surface area contributed by atoms with Crippen LogP contribution in [0.25, 0.3) is 0 Å². The van der Waals surface area contributed by atoms with Crippen LogP contribution in [0.5, 0.6) is 17.2 Å². The predicted molar refractivity (Wildman–Crippen MR) is 320 cm³/mol. The molecular formula is C62H76N6O9S2. The van der Waals surface area contributed by atoms with E-state index in [9.17, 15) is 14.4 Å². The number of carbonyl (C=O) groups excluding carboxylic acids is 3. The average molecular weight is 1110 g/mol. The molecule has 0 N–H and O–H groups in total. The molecular weight excluding hydrogens is 1040 g/mol. The molecule has 4 aliphatic rings. The molecule has 0 unspecified atom stereocenters. The third-order valence-electron chi connectivity index (χ3n) is 14.9. The standard InChI is InChI=1S/C62H76N6O9S2/c1-9-63-36-50(69)17-14-26-78-79-62(3,4)41-66(20-21-74-24-25-75-23-22-72-7)47-29-43(39-76-57-34-55-51(27-42(57)2)60(70)67-48(37-64(55)5)31-45-15-10-12-18-53(45)67)28-44(30-47)40-77-59-35-56-52(33-58(59)73-8)61(71)68-49(38-65(56)6)32-46-16-11-13-19-54(46)68/h9-13,15-16,18-19,27-30,33-35,48-49H,14,17,20-26,31-32,36-41H2,1-8H3/t48-,49-/m0/s1. The number of aliphatic imine (C=N–C) groups is 1. The third-order valence-corrected chi connectivity index (χ3v) is 18.3. The number of nitrogens with zero attached hydrogens (tertiary/aromatic N) is 6. The van der Waals surface area contributed by atoms with E-state index in [1.54, 1.807) is 31.2 Å². The summed E-state index contributed by atoms with van der Waals surface area (Å²) in [4.78, 5) is 55.9. The van der Waals surface area contributed by atoms with E-state index in [0.29, 0.717) is 94.0 Å². The SMILES string of the molecule is CC=NCC(=O)CCCSSC(C)(C)CN(CCOCCOCCOC)c1cc(COc2cc3c(cc2C)C(=O)N2c4ccccc4C[C@H]2CN3C)cc(COc2cc3c(cc2OC)C(=O)N2c4ccccc4C[C@H]2CN3C)c1. The molecule has 9 rings (SSSR count). The number of hydrogen-bond donors (Lipinski definition) is 0. The number of rotatable bonds is 27. The number of ketones is 1. The summed E-state index contributed by atoms with van der Waals surface area (Å²) < 4.78 is 36.4. The third kappa shape index (κ3) is 13.7. The number of methoxy groups -OCH3 is 2. The lowest BCUT2D eigenvalue weighted by molar-refractivity contribution is -0.117. The van der Waals surface area contributed by atoms with E-state index in [4.69, 9.17) is 28.4 Å². The largest absolute Gasteiger partial charge is 0.493 e. The van der Waals surface area contributed by atoms with Gasteiger partial charge in [-0.3, -0.25) is 19.4 Å². The molecule has 0 aromatic heterocycles. The first-order chi connectivity index (χ1) is 38.2. The highest BCUT2D eigenvalue weighted by Crippen LogP contribution is 2.44. The summed E-state index contributed by atoms with van der Waals surface area (Å²) in [6.07, 6.45) is 4.58. The Hall–Kier alpha value is -6.24. The fourth-order valence-electron chi connectivity index (χ4n) is 11.1. The Balaban J connectivity index is 0.998. The lowest BCUT2D eigenvalue weighted by Crippen LogP contribution is -2.41. The zero-order chi connectivity index (χ0) is 55.6. The summed E-state index contributed by atoms with van der Waals surface area (Å²) in [5.41, 5.74) is 10.9. The van der Waals surface area contributed by atoms with Crippen LogP contribution >= 0.6 is 21.6 Å². The van der Waals surface area contributed by atoms with E-state index in [1.165, 1.54) is 11.1 Å². The maximum atomic E-state index is 14.4. The van der Waals surface area contributed by atoms with Crippen molar-refractivity contribution in [1.29, 1.82) is 0 Å². The number of para-hydroxylation sites is 2. The van der Waals surface area contributed by atoms with Gasteiger partial charge in [0.2, 0.25) is 0 Å². The summed E-state index contributed by atoms with van der Waals surface area (Å²) in [6, 6.07) is 30.6. The number of likely N-dealkylation sites (N-methyl/N-ethyl adjacent to an activating group) is 2. The number of benzene rings is 5. The monoisotopic (exact) mass is 1110 g/mol. The number of carbonyl (C=O) groups is 3. The van der Waals surface area contributed by atoms with Crippen LogP contribution in [0.3, 0.4) is 0 Å². The molecule has 79 heavy (non-hydrogen) atoms. The van der Waals surface area contributed by atoms with Gasteiger partial charge in [0, 0.05) is 93.5 Å². The minimum atomic E-state index is -0.219. The van der Waals surface area contributed by atoms with Crippen LogP contribution in [0.2, 0.25) is 0 Å². The minimum absolute atomic E-state index is 0.000998. The number of amides is 2. The van der Waals surface area contributed by atoms with Crippen molar-refractivity contribution < 1.29 is 42.8 Å². The van der Waals surface area contributed by atoms with Crippen LogP contribution in [0.1, 0.15) is 82.1 Å². The molecule has 0 radical (unpaired) electrons. The number of aryl methyl sites for hydroxylation is 1. The Labute approximate surface area is 474 Å². The van der Waals surface area contributed by atoms with Crippen LogP contribution in [0, 0.1) is 6.92 Å². The maximum Gasteiger partial charge on any atom is 0.260 e. The molecule has 0 aliphatic carbocycles. The number of anilines is 5. The molecule has 4 aliphatic heterocycles. The lowest BCUT2D eigenvalue weighted by atomic mass is 10.1. The summed E-state index contributed by atoms with van der Waals surface area (Å²) in [5, 5.41) is 0. The van der Waals surface area contributed by atoms with Gasteiger partial charge >= 0.3 is 0 Å². The summed E-state index contributed by atoms with van der Waals surface area (Å²) in [7, 11) is 11.0. The Morgan fingerprint density at radius 2 is 1.29 bits per heavy atom. The lowest BCUT2D eigenvalue weighted by Gasteiger charge is -2.34. The van der Waals surface area contributed by atoms with Gasteiger partial charge < -0.3 is 52.9 Å². The Bertz CT molecular complexity index is 3010. The van der Waals surface area contributed by atoms with E-state index in [0.717, 1.165) is 70.1 Å². The topological polar surface area (TPSA) is 135 Å². The molecule has 2 amide bonds. The molecule has 5 aromatic rings. The van der Waals surface area contributed by atoms with Crippen molar-refractivity contribution in [2.24, 2.45) is 4.99 Å². The molecule has 0 spiro atoms. The van der Waals surface area contributed by atoms with Crippen LogP contribution in [-0.2, 0) is 45.1 Å². The number of Topliss-reactive ketones (excluding diaryl/α,β-unsaturated/α-hetero) is 1. The van der Waals surface area contributed by atoms with E-state index in [2.05, 4.69) is 77.0 Å². The van der Waals surface area contributed by atoms with Crippen molar-refractivity contribution in [2.45, 2.75) is 83.4 Å². The van der Waals surface area contributed by atoms with Gasteiger partial charge in [0.15, 0.2) is 17.3 Å². The van der Waals surface area contributed by atoms with Gasteiger partial charge in [-0.1, -0.05) is 58.0 Å². The first kappa shape index (κ1) is 57.4. The highest BCUT2D eigenvalue weighted by molar-refractivity contribution is 8.77. The van der Waals surface area contributed by atoms with E-state index >= 15 is 0 Å². The Kier molecular flexibility index (Phi) is 19.2. The first-order valence-electron chi connectivity index (χ1n) is 27.4. The molecule has 15 nitrogen and oxygen atoms in total. The summed E-state index contributed by atoms with van der Waals surface area (Å²) in [6.45, 7) is 14.0. The van der Waals surface area contributed by atoms with Crippen LogP contribution in [0.4, 0.5) is 28.4 Å². The quantitative estimate of drug-likeness (QED) is 0.0280. The Morgan fingerprint density at radius 1 is 0.722 bits per heavy atom. The van der Waals surface area contributed by atoms with E-state index < -0.39 is 0 Å². The van der Waals surface area contributed by atoms with Gasteiger partial charge in [-0.2, -0.15) is 0 Å². The average Bonchev–Trinajstić information content (AvgIpc) is 3.97. The zero-order valence-corrected chi connectivity index (χ0v) is 48.7. The van der Waals surface area contributed by atoms with Gasteiger partial charge in [-0.05, 0) is 123 Å². The molecule has 0 saturated heterocycles. The fraction of sp³-hybridized carbons (Fsp3) is 0.452. The molecule has 0 saturated carbocycles. The molecule has 17 heteroatoms. The first-order valence-corrected chi connectivity index (χ1v) is 29.7. The summed E-state index contributed by atoms with van der Waals surface area (Å²) in [5.74, 6) is 2.65. The highest BCUT2D eigenvalue weighted by atomic mass is 33.1. The van der Waals surface area contributed by atoms with E-state index in [1.807, 2.05) is 96.1 Å². The molecule has 2 atom stereocenters. The highest BCUT2D eigenvalue weighted by Gasteiger charge is 2.41. The summed E-state index contributed by atoms with van der Waals surface area (Å²) >= 11 is 0. The Morgan fingerprint density at radius 3 is 1.90 bits per heavy atom. The van der Waals surface area contributed by atoms with Gasteiger partial charge in [-0.15, -0.1) is 0 Å². The van der Waals surface area contributed by atoms with Crippen LogP contribution < -0.4 is 38.7 Å². The normalized spacial score (nSPS) is 16.5. The maximum absolute atomic E-state index is 14.4. The van der Waals surface area contributed by atoms with Crippen molar-refractivity contribution in [3.05, 3.63) is 130 Å². The fourth-order valence-corrected chi connectivity index (χ4v) is 13.7. The number of ether oxygens (including phenoxy) is 6. The van der Waals surface area contributed by atoms with Gasteiger partial charge in [0.25, 0.3) is 11.8 Å². The smallest absolute Gasteiger partial charge is 0.260 e. The van der Waals surface area contributed by atoms with Gasteiger partial charge in [-0.25, -0.2) is 0 Å². The second-order valence-electron chi connectivity index (χ2n) is 21.4. The molecule has 0 fully saturated rings. The molecule has 420 valence electrons. The van der Waals surface area contributed by atoms with Crippen molar-refractivity contribution >= 4 is 73.8 Å². The van der Waals surface area contributed by atoms with Crippen molar-refractivity contribution in [1.82, 2.24) is 0 Å².